The Hall–Kier alpha value is -0.320. The maximum absolute atomic E-state index is 11.7. The van der Waals surface area contributed by atoms with Gasteiger partial charge in [0, 0.05) is 32.6 Å². The number of carbonyl (C=O) groups excluding carboxylic acids is 1. The molecule has 1 amide bonds. The number of amides is 1. The summed E-state index contributed by atoms with van der Waals surface area (Å²) in [7, 11) is 3.66. The summed E-state index contributed by atoms with van der Waals surface area (Å²) in [5.41, 5.74) is 5.75. The second-order valence-corrected chi connectivity index (χ2v) is 4.78. The van der Waals surface area contributed by atoms with Gasteiger partial charge in [-0.15, -0.1) is 12.4 Å². The number of hydrogen-bond donors (Lipinski definition) is 1. The summed E-state index contributed by atoms with van der Waals surface area (Å²) in [5, 5.41) is 0. The van der Waals surface area contributed by atoms with Crippen molar-refractivity contribution in [3.63, 3.8) is 0 Å². The normalized spacial score (nSPS) is 20.0. The molecule has 0 saturated carbocycles. The zero-order chi connectivity index (χ0) is 11.4. The highest BCUT2D eigenvalue weighted by molar-refractivity contribution is 5.85. The highest BCUT2D eigenvalue weighted by atomic mass is 35.5. The van der Waals surface area contributed by atoms with E-state index >= 15 is 0 Å². The predicted molar refractivity (Wildman–Crippen MR) is 68.8 cm³/mol. The van der Waals surface area contributed by atoms with E-state index in [1.54, 1.807) is 4.90 Å². The molecule has 1 atom stereocenters. The van der Waals surface area contributed by atoms with E-state index in [-0.39, 0.29) is 30.3 Å². The fourth-order valence-corrected chi connectivity index (χ4v) is 2.13. The van der Waals surface area contributed by atoms with Crippen molar-refractivity contribution in [3.8, 4) is 0 Å². The molecular weight excluding hydrogens is 226 g/mol. The van der Waals surface area contributed by atoms with Crippen molar-refractivity contribution in [3.05, 3.63) is 0 Å². The van der Waals surface area contributed by atoms with Crippen LogP contribution in [0.5, 0.6) is 0 Å². The zero-order valence-electron chi connectivity index (χ0n) is 10.5. The van der Waals surface area contributed by atoms with Gasteiger partial charge in [0.2, 0.25) is 5.91 Å². The van der Waals surface area contributed by atoms with Gasteiger partial charge in [0.05, 0.1) is 0 Å². The number of carbonyl (C=O) groups is 1. The van der Waals surface area contributed by atoms with E-state index in [1.807, 2.05) is 21.0 Å². The van der Waals surface area contributed by atoms with Crippen molar-refractivity contribution in [2.45, 2.75) is 25.8 Å². The Morgan fingerprint density at radius 2 is 1.94 bits per heavy atom. The molecule has 1 rings (SSSR count). The fourth-order valence-electron chi connectivity index (χ4n) is 2.13. The van der Waals surface area contributed by atoms with Crippen molar-refractivity contribution in [2.24, 2.45) is 11.7 Å². The van der Waals surface area contributed by atoms with Gasteiger partial charge >= 0.3 is 0 Å². The van der Waals surface area contributed by atoms with Gasteiger partial charge in [0.25, 0.3) is 0 Å². The van der Waals surface area contributed by atoms with Crippen LogP contribution in [0.1, 0.15) is 19.8 Å². The van der Waals surface area contributed by atoms with Crippen molar-refractivity contribution >= 4 is 18.3 Å². The molecule has 0 aromatic carbocycles. The zero-order valence-corrected chi connectivity index (χ0v) is 11.3. The minimum atomic E-state index is 0. The summed E-state index contributed by atoms with van der Waals surface area (Å²) >= 11 is 0. The second kappa shape index (κ2) is 7.09. The lowest BCUT2D eigenvalue weighted by atomic mass is 9.95. The first-order valence-corrected chi connectivity index (χ1v) is 5.69. The number of rotatable bonds is 3. The lowest BCUT2D eigenvalue weighted by Crippen LogP contribution is -2.43. The van der Waals surface area contributed by atoms with Crippen LogP contribution >= 0.6 is 12.4 Å². The molecule has 96 valence electrons. The van der Waals surface area contributed by atoms with Gasteiger partial charge in [-0.25, -0.2) is 0 Å². The maximum atomic E-state index is 11.7. The Morgan fingerprint density at radius 1 is 1.44 bits per heavy atom. The van der Waals surface area contributed by atoms with Gasteiger partial charge < -0.3 is 15.5 Å². The molecule has 1 aliphatic heterocycles. The number of nitrogens with two attached hydrogens (primary N) is 1. The van der Waals surface area contributed by atoms with Gasteiger partial charge in [-0.1, -0.05) is 0 Å². The van der Waals surface area contributed by atoms with Gasteiger partial charge in [-0.3, -0.25) is 4.79 Å². The predicted octanol–water partition coefficient (Wildman–Crippen LogP) is 0.556. The summed E-state index contributed by atoms with van der Waals surface area (Å²) in [6.07, 6.45) is 1.95. The molecule has 0 radical (unpaired) electrons. The van der Waals surface area contributed by atoms with Gasteiger partial charge in [-0.2, -0.15) is 0 Å². The van der Waals surface area contributed by atoms with Gasteiger partial charge in [0.15, 0.2) is 0 Å². The van der Waals surface area contributed by atoms with E-state index in [9.17, 15) is 4.79 Å². The van der Waals surface area contributed by atoms with Crippen LogP contribution in [0.25, 0.3) is 0 Å². The smallest absolute Gasteiger partial charge is 0.225 e. The third kappa shape index (κ3) is 4.68. The van der Waals surface area contributed by atoms with E-state index in [2.05, 4.69) is 4.90 Å². The number of hydrogen-bond acceptors (Lipinski definition) is 3. The Kier molecular flexibility index (Phi) is 6.95. The largest absolute Gasteiger partial charge is 0.349 e. The summed E-state index contributed by atoms with van der Waals surface area (Å²) in [4.78, 5) is 15.8. The Labute approximate surface area is 105 Å². The fraction of sp³-hybridized carbons (Fsp3) is 0.909. The molecule has 2 N–H and O–H groups in total. The van der Waals surface area contributed by atoms with Crippen molar-refractivity contribution in [1.29, 1.82) is 0 Å². The molecule has 0 spiro atoms. The summed E-state index contributed by atoms with van der Waals surface area (Å²) in [5.74, 6) is 0.500. The number of nitrogens with zero attached hydrogens (tertiary/aromatic N) is 2. The van der Waals surface area contributed by atoms with E-state index in [4.69, 9.17) is 5.73 Å². The monoisotopic (exact) mass is 249 g/mol. The molecule has 1 unspecified atom stereocenters. The summed E-state index contributed by atoms with van der Waals surface area (Å²) in [6.45, 7) is 4.98. The molecule has 5 heteroatoms. The van der Waals surface area contributed by atoms with Crippen LogP contribution in [0.2, 0.25) is 0 Å². The Bertz CT molecular complexity index is 213. The average molecular weight is 250 g/mol. The molecule has 1 saturated heterocycles. The van der Waals surface area contributed by atoms with Crippen LogP contribution in [0, 0.1) is 5.92 Å². The first-order valence-electron chi connectivity index (χ1n) is 5.69. The minimum absolute atomic E-state index is 0. The van der Waals surface area contributed by atoms with Crippen molar-refractivity contribution in [2.75, 3.05) is 33.7 Å². The Morgan fingerprint density at radius 3 is 2.31 bits per heavy atom. The van der Waals surface area contributed by atoms with Crippen LogP contribution in [0.15, 0.2) is 0 Å². The highest BCUT2D eigenvalue weighted by Crippen LogP contribution is 2.18. The molecule has 0 bridgehead atoms. The first-order chi connectivity index (χ1) is 7.00. The van der Waals surface area contributed by atoms with E-state index in [1.165, 1.54) is 0 Å². The van der Waals surface area contributed by atoms with Crippen LogP contribution in [0.4, 0.5) is 0 Å². The maximum Gasteiger partial charge on any atom is 0.225 e. The molecule has 16 heavy (non-hydrogen) atoms. The highest BCUT2D eigenvalue weighted by Gasteiger charge is 2.25. The SMILES string of the molecule is CC(N)CN1CCC(C(=O)N(C)C)CC1.Cl. The lowest BCUT2D eigenvalue weighted by molar-refractivity contribution is -0.134. The topological polar surface area (TPSA) is 49.6 Å². The molecule has 1 heterocycles. The average Bonchev–Trinajstić information content (AvgIpc) is 2.17. The van der Waals surface area contributed by atoms with Crippen molar-refractivity contribution < 1.29 is 4.79 Å². The molecule has 0 aromatic heterocycles. The van der Waals surface area contributed by atoms with Crippen LogP contribution in [-0.2, 0) is 4.79 Å². The first kappa shape index (κ1) is 15.7. The minimum Gasteiger partial charge on any atom is -0.349 e. The summed E-state index contributed by atoms with van der Waals surface area (Å²) in [6, 6.07) is 0.228. The number of piperidine rings is 1. The van der Waals surface area contributed by atoms with Gasteiger partial charge in [0.1, 0.15) is 0 Å². The quantitative estimate of drug-likeness (QED) is 0.795. The van der Waals surface area contributed by atoms with Crippen LogP contribution < -0.4 is 5.73 Å². The molecule has 1 fully saturated rings. The van der Waals surface area contributed by atoms with Crippen LogP contribution in [-0.4, -0.2) is 55.5 Å². The molecule has 0 aliphatic carbocycles. The number of likely N-dealkylation sites (tertiary alicyclic amines) is 1. The third-order valence-corrected chi connectivity index (χ3v) is 2.92. The second-order valence-electron chi connectivity index (χ2n) is 4.78. The molecule has 0 aromatic rings. The lowest BCUT2D eigenvalue weighted by Gasteiger charge is -2.33. The third-order valence-electron chi connectivity index (χ3n) is 2.92. The summed E-state index contributed by atoms with van der Waals surface area (Å²) < 4.78 is 0. The van der Waals surface area contributed by atoms with Crippen LogP contribution in [0.3, 0.4) is 0 Å². The standard InChI is InChI=1S/C11H23N3O.ClH/c1-9(12)8-14-6-4-10(5-7-14)11(15)13(2)3;/h9-10H,4-8,12H2,1-3H3;1H. The molecule has 4 nitrogen and oxygen atoms in total. The molecule has 1 aliphatic rings. The van der Waals surface area contributed by atoms with Crippen molar-refractivity contribution in [1.82, 2.24) is 9.80 Å². The van der Waals surface area contributed by atoms with E-state index < -0.39 is 0 Å². The Balaban J connectivity index is 0.00000225. The van der Waals surface area contributed by atoms with E-state index in [0.29, 0.717) is 0 Å². The molecular formula is C11H24ClN3O. The van der Waals surface area contributed by atoms with E-state index in [0.717, 1.165) is 32.5 Å². The van der Waals surface area contributed by atoms with Gasteiger partial charge in [-0.05, 0) is 32.9 Å². The number of halogens is 1.